The first kappa shape index (κ1) is 16.9. The molecule has 0 aliphatic rings. The number of aromatic nitrogens is 4. The third-order valence-electron chi connectivity index (χ3n) is 3.77. The number of hydrogen-bond acceptors (Lipinski definition) is 3. The van der Waals surface area contributed by atoms with Crippen LogP contribution in [0.25, 0.3) is 11.2 Å². The lowest BCUT2D eigenvalue weighted by Gasteiger charge is -2.11. The monoisotopic (exact) mass is 324 g/mol. The second kappa shape index (κ2) is 7.23. The highest BCUT2D eigenvalue weighted by atomic mass is 31.1. The van der Waals surface area contributed by atoms with Crippen LogP contribution in [0.15, 0.2) is 15.9 Å². The van der Waals surface area contributed by atoms with Crippen molar-refractivity contribution in [3.05, 3.63) is 27.2 Å². The van der Waals surface area contributed by atoms with Crippen LogP contribution < -0.4 is 11.2 Å². The summed E-state index contributed by atoms with van der Waals surface area (Å²) in [7, 11) is 1.49. The summed E-state index contributed by atoms with van der Waals surface area (Å²) in [6.07, 6.45) is 6.63. The van der Waals surface area contributed by atoms with Crippen molar-refractivity contribution in [1.29, 1.82) is 0 Å². The van der Waals surface area contributed by atoms with Crippen molar-refractivity contribution >= 4 is 19.1 Å². The summed E-state index contributed by atoms with van der Waals surface area (Å²) in [6, 6.07) is 0. The Hall–Kier alpha value is -1.42. The minimum Gasteiger partial charge on any atom is -0.320 e. The first-order chi connectivity index (χ1) is 10.5. The molecule has 2 rings (SSSR count). The van der Waals surface area contributed by atoms with E-state index in [-0.39, 0.29) is 19.2 Å². The molecule has 0 N–H and O–H groups in total. The van der Waals surface area contributed by atoms with E-state index in [4.69, 9.17) is 0 Å². The van der Waals surface area contributed by atoms with Gasteiger partial charge in [0.2, 0.25) is 0 Å². The van der Waals surface area contributed by atoms with Gasteiger partial charge in [-0.25, -0.2) is 9.78 Å². The minimum atomic E-state index is -0.269. The zero-order valence-corrected chi connectivity index (χ0v) is 14.8. The van der Waals surface area contributed by atoms with Crippen LogP contribution in [0.4, 0.5) is 0 Å². The lowest BCUT2D eigenvalue weighted by Crippen LogP contribution is -2.39. The maximum absolute atomic E-state index is 12.7. The Labute approximate surface area is 131 Å². The molecule has 0 aromatic carbocycles. The molecule has 0 atom stereocenters. The van der Waals surface area contributed by atoms with Crippen molar-refractivity contribution in [2.75, 3.05) is 13.3 Å². The third kappa shape index (κ3) is 3.32. The summed E-state index contributed by atoms with van der Waals surface area (Å²) < 4.78 is 4.75. The predicted octanol–water partition coefficient (Wildman–Crippen LogP) is 2.18. The van der Waals surface area contributed by atoms with E-state index in [0.717, 1.165) is 32.0 Å². The molecule has 2 aromatic heterocycles. The second-order valence-electron chi connectivity index (χ2n) is 5.97. The molecular formula is C15H25N4O2P. The van der Waals surface area contributed by atoms with Gasteiger partial charge in [0.05, 0.1) is 6.33 Å². The molecule has 0 aliphatic carbocycles. The Morgan fingerprint density at radius 1 is 1.18 bits per heavy atom. The average Bonchev–Trinajstić information content (AvgIpc) is 2.87. The number of hydrogen-bond donors (Lipinski definition) is 0. The smallest absolute Gasteiger partial charge is 0.320 e. The Bertz CT molecular complexity index is 757. The SMILES string of the molecule is CCCCCCn1c(=O)c2c(ncn2CP(C)C)n(C)c1=O. The quantitative estimate of drug-likeness (QED) is 0.579. The lowest BCUT2D eigenvalue weighted by atomic mass is 10.2. The molecule has 0 saturated heterocycles. The van der Waals surface area contributed by atoms with Crippen LogP contribution in [0.5, 0.6) is 0 Å². The van der Waals surface area contributed by atoms with Gasteiger partial charge in [0.25, 0.3) is 5.56 Å². The van der Waals surface area contributed by atoms with Gasteiger partial charge in [-0.1, -0.05) is 34.1 Å². The molecule has 22 heavy (non-hydrogen) atoms. The summed E-state index contributed by atoms with van der Waals surface area (Å²) >= 11 is 0. The summed E-state index contributed by atoms with van der Waals surface area (Å²) in [6.45, 7) is 6.95. The van der Waals surface area contributed by atoms with E-state index in [1.165, 1.54) is 9.13 Å². The van der Waals surface area contributed by atoms with Crippen LogP contribution in [-0.4, -0.2) is 32.0 Å². The van der Waals surface area contributed by atoms with Crippen LogP contribution in [0.2, 0.25) is 0 Å². The minimum absolute atomic E-state index is 0.192. The fourth-order valence-electron chi connectivity index (χ4n) is 2.63. The number of unbranched alkanes of at least 4 members (excludes halogenated alkanes) is 3. The number of nitrogens with zero attached hydrogens (tertiary/aromatic N) is 4. The summed E-state index contributed by atoms with van der Waals surface area (Å²) in [5.41, 5.74) is 0.559. The van der Waals surface area contributed by atoms with Gasteiger partial charge in [0.15, 0.2) is 11.2 Å². The molecule has 0 bridgehead atoms. The Morgan fingerprint density at radius 3 is 2.55 bits per heavy atom. The van der Waals surface area contributed by atoms with Crippen LogP contribution in [0.1, 0.15) is 32.6 Å². The van der Waals surface area contributed by atoms with Crippen LogP contribution in [-0.2, 0) is 19.9 Å². The van der Waals surface area contributed by atoms with E-state index < -0.39 is 0 Å². The van der Waals surface area contributed by atoms with Gasteiger partial charge >= 0.3 is 5.69 Å². The molecule has 122 valence electrons. The van der Waals surface area contributed by atoms with Crippen LogP contribution >= 0.6 is 7.92 Å². The molecule has 0 unspecified atom stereocenters. The van der Waals surface area contributed by atoms with Gasteiger partial charge in [-0.15, -0.1) is 0 Å². The summed E-state index contributed by atoms with van der Waals surface area (Å²) in [5, 5.41) is 0. The molecule has 6 nitrogen and oxygen atoms in total. The number of fused-ring (bicyclic) bond motifs is 1. The van der Waals surface area contributed by atoms with Gasteiger partial charge < -0.3 is 4.57 Å². The molecular weight excluding hydrogens is 299 g/mol. The maximum atomic E-state index is 12.7. The van der Waals surface area contributed by atoms with Gasteiger partial charge in [0.1, 0.15) is 0 Å². The number of rotatable bonds is 7. The maximum Gasteiger partial charge on any atom is 0.332 e. The van der Waals surface area contributed by atoms with Crippen LogP contribution in [0.3, 0.4) is 0 Å². The first-order valence-corrected chi connectivity index (χ1v) is 10.2. The molecule has 0 radical (unpaired) electrons. The average molecular weight is 324 g/mol. The van der Waals surface area contributed by atoms with Gasteiger partial charge in [-0.3, -0.25) is 13.9 Å². The topological polar surface area (TPSA) is 61.8 Å². The second-order valence-corrected chi connectivity index (χ2v) is 8.41. The van der Waals surface area contributed by atoms with Crippen molar-refractivity contribution < 1.29 is 0 Å². The van der Waals surface area contributed by atoms with Crippen molar-refractivity contribution in [2.45, 2.75) is 45.4 Å². The first-order valence-electron chi connectivity index (χ1n) is 7.76. The highest BCUT2D eigenvalue weighted by Gasteiger charge is 2.16. The fourth-order valence-corrected chi connectivity index (χ4v) is 3.45. The van der Waals surface area contributed by atoms with E-state index >= 15 is 0 Å². The largest absolute Gasteiger partial charge is 0.332 e. The molecule has 0 fully saturated rings. The number of aryl methyl sites for hydroxylation is 1. The van der Waals surface area contributed by atoms with Crippen molar-refractivity contribution in [3.63, 3.8) is 0 Å². The van der Waals surface area contributed by atoms with Gasteiger partial charge in [0, 0.05) is 19.9 Å². The van der Waals surface area contributed by atoms with E-state index in [9.17, 15) is 9.59 Å². The Balaban J connectivity index is 2.48. The van der Waals surface area contributed by atoms with E-state index in [1.54, 1.807) is 13.4 Å². The van der Waals surface area contributed by atoms with Crippen molar-refractivity contribution in [2.24, 2.45) is 7.05 Å². The zero-order chi connectivity index (χ0) is 16.3. The molecule has 2 aromatic rings. The third-order valence-corrected chi connectivity index (χ3v) is 4.64. The standard InChI is InChI=1S/C15H25N4O2P/c1-5-6-7-8-9-19-14(20)12-13(17(2)15(19)21)16-10-18(12)11-22(3)4/h10H,5-9,11H2,1-4H3. The lowest BCUT2D eigenvalue weighted by molar-refractivity contribution is 0.538. The molecule has 7 heteroatoms. The van der Waals surface area contributed by atoms with Gasteiger partial charge in [-0.2, -0.15) is 0 Å². The molecule has 0 spiro atoms. The molecule has 0 amide bonds. The summed E-state index contributed by atoms with van der Waals surface area (Å²) in [4.78, 5) is 29.4. The fraction of sp³-hybridized carbons (Fsp3) is 0.667. The molecule has 0 aliphatic heterocycles. The Morgan fingerprint density at radius 2 is 1.91 bits per heavy atom. The summed E-state index contributed by atoms with van der Waals surface area (Å²) in [5.74, 6) is 0. The van der Waals surface area contributed by atoms with E-state index in [1.807, 2.05) is 4.57 Å². The zero-order valence-electron chi connectivity index (χ0n) is 13.9. The van der Waals surface area contributed by atoms with Crippen molar-refractivity contribution in [3.8, 4) is 0 Å². The highest BCUT2D eigenvalue weighted by molar-refractivity contribution is 7.54. The Kier molecular flexibility index (Phi) is 5.57. The van der Waals surface area contributed by atoms with Crippen LogP contribution in [0, 0.1) is 0 Å². The van der Waals surface area contributed by atoms with E-state index in [0.29, 0.717) is 17.7 Å². The molecule has 0 saturated carbocycles. The normalized spacial score (nSPS) is 11.7. The van der Waals surface area contributed by atoms with E-state index in [2.05, 4.69) is 25.2 Å². The predicted molar refractivity (Wildman–Crippen MR) is 92.1 cm³/mol. The highest BCUT2D eigenvalue weighted by Crippen LogP contribution is 2.27. The van der Waals surface area contributed by atoms with Gasteiger partial charge in [-0.05, 0) is 19.8 Å². The molecule has 2 heterocycles. The van der Waals surface area contributed by atoms with Crippen molar-refractivity contribution in [1.82, 2.24) is 18.7 Å². The number of imidazole rings is 1.